The molecule has 0 spiro atoms. The molecule has 2 aromatic carbocycles. The largest absolute Gasteiger partial charge is 0.482 e. The van der Waals surface area contributed by atoms with Crippen LogP contribution in [0.15, 0.2) is 48.5 Å². The highest BCUT2D eigenvalue weighted by Gasteiger charge is 2.28. The van der Waals surface area contributed by atoms with Crippen molar-refractivity contribution in [2.24, 2.45) is 0 Å². The van der Waals surface area contributed by atoms with Crippen molar-refractivity contribution in [3.05, 3.63) is 54.1 Å². The van der Waals surface area contributed by atoms with Crippen LogP contribution in [0.1, 0.15) is 23.2 Å². The van der Waals surface area contributed by atoms with E-state index >= 15 is 0 Å². The highest BCUT2D eigenvalue weighted by Crippen LogP contribution is 2.31. The smallest absolute Gasteiger partial charge is 0.271 e. The van der Waals surface area contributed by atoms with Crippen molar-refractivity contribution in [2.75, 3.05) is 29.5 Å². The third kappa shape index (κ3) is 3.82. The summed E-state index contributed by atoms with van der Waals surface area (Å²) < 4.78 is 5.35. The Morgan fingerprint density at radius 2 is 1.67 bits per heavy atom. The van der Waals surface area contributed by atoms with Gasteiger partial charge in [-0.3, -0.25) is 34.9 Å². The summed E-state index contributed by atoms with van der Waals surface area (Å²) in [7, 11) is 0. The number of benzene rings is 2. The lowest BCUT2D eigenvalue weighted by atomic mass is 10.1. The fourth-order valence-corrected chi connectivity index (χ4v) is 3.51. The van der Waals surface area contributed by atoms with Crippen LogP contribution in [-0.2, 0) is 14.4 Å². The summed E-state index contributed by atoms with van der Waals surface area (Å²) in [6.07, 6.45) is 1.18. The van der Waals surface area contributed by atoms with Crippen molar-refractivity contribution in [1.29, 1.82) is 0 Å². The first-order chi connectivity index (χ1) is 14.5. The summed E-state index contributed by atoms with van der Waals surface area (Å²) in [6.45, 7) is 0.119. The molecule has 0 atom stereocenters. The number of hydrazine groups is 1. The van der Waals surface area contributed by atoms with Gasteiger partial charge >= 0.3 is 0 Å². The SMILES string of the molecule is O=C(CN1C(=O)COc2ccccc21)NNC(=O)c1ccccc1N1CCCC1=O. The molecule has 0 aromatic heterocycles. The molecule has 9 heteroatoms. The van der Waals surface area contributed by atoms with E-state index in [-0.39, 0.29) is 30.5 Å². The first kappa shape index (κ1) is 19.4. The molecule has 4 amide bonds. The van der Waals surface area contributed by atoms with Gasteiger partial charge in [0.05, 0.1) is 16.9 Å². The maximum atomic E-state index is 12.6. The zero-order chi connectivity index (χ0) is 21.1. The predicted octanol–water partition coefficient (Wildman–Crippen LogP) is 1.000. The average Bonchev–Trinajstić information content (AvgIpc) is 3.19. The quantitative estimate of drug-likeness (QED) is 0.734. The zero-order valence-electron chi connectivity index (χ0n) is 16.1. The molecule has 2 N–H and O–H groups in total. The van der Waals surface area contributed by atoms with E-state index in [1.807, 2.05) is 0 Å². The molecule has 1 saturated heterocycles. The lowest BCUT2D eigenvalue weighted by Gasteiger charge is -2.28. The number of hydrogen-bond donors (Lipinski definition) is 2. The van der Waals surface area contributed by atoms with Crippen LogP contribution in [0.3, 0.4) is 0 Å². The highest BCUT2D eigenvalue weighted by molar-refractivity contribution is 6.06. The molecular formula is C21H20N4O5. The van der Waals surface area contributed by atoms with Gasteiger partial charge in [0, 0.05) is 13.0 Å². The molecule has 0 bridgehead atoms. The molecule has 0 saturated carbocycles. The molecule has 0 radical (unpaired) electrons. The van der Waals surface area contributed by atoms with Crippen molar-refractivity contribution in [3.8, 4) is 5.75 Å². The van der Waals surface area contributed by atoms with Gasteiger partial charge in [0.1, 0.15) is 12.3 Å². The van der Waals surface area contributed by atoms with E-state index in [2.05, 4.69) is 10.9 Å². The number of anilines is 2. The topological polar surface area (TPSA) is 108 Å². The van der Waals surface area contributed by atoms with Gasteiger partial charge in [-0.2, -0.15) is 0 Å². The van der Waals surface area contributed by atoms with E-state index in [9.17, 15) is 19.2 Å². The Labute approximate surface area is 172 Å². The molecule has 0 unspecified atom stereocenters. The zero-order valence-corrected chi connectivity index (χ0v) is 16.1. The molecular weight excluding hydrogens is 388 g/mol. The normalized spacial score (nSPS) is 15.5. The van der Waals surface area contributed by atoms with E-state index in [1.54, 1.807) is 53.4 Å². The summed E-state index contributed by atoms with van der Waals surface area (Å²) in [6, 6.07) is 13.6. The first-order valence-electron chi connectivity index (χ1n) is 9.55. The van der Waals surface area contributed by atoms with Crippen molar-refractivity contribution < 1.29 is 23.9 Å². The van der Waals surface area contributed by atoms with E-state index in [4.69, 9.17) is 4.74 Å². The lowest BCUT2D eigenvalue weighted by Crippen LogP contribution is -2.49. The summed E-state index contributed by atoms with van der Waals surface area (Å²) in [5, 5.41) is 0. The molecule has 2 heterocycles. The monoisotopic (exact) mass is 408 g/mol. The maximum Gasteiger partial charge on any atom is 0.271 e. The van der Waals surface area contributed by atoms with E-state index in [0.717, 1.165) is 6.42 Å². The minimum atomic E-state index is -0.567. The van der Waals surface area contributed by atoms with E-state index in [1.165, 1.54) is 4.90 Å². The predicted molar refractivity (Wildman–Crippen MR) is 108 cm³/mol. The Kier molecular flexibility index (Phi) is 5.34. The minimum Gasteiger partial charge on any atom is -0.482 e. The van der Waals surface area contributed by atoms with Gasteiger partial charge in [-0.25, -0.2) is 0 Å². The molecule has 2 aliphatic heterocycles. The number of fused-ring (bicyclic) bond motifs is 1. The number of para-hydroxylation sites is 3. The van der Waals surface area contributed by atoms with Gasteiger partial charge in [0.25, 0.3) is 17.7 Å². The van der Waals surface area contributed by atoms with Gasteiger partial charge in [-0.05, 0) is 30.7 Å². The Bertz CT molecular complexity index is 1020. The standard InChI is InChI=1S/C21H20N4O5/c26-18(12-25-16-8-3-4-9-17(16)30-13-20(25)28)22-23-21(29)14-6-1-2-7-15(14)24-11-5-10-19(24)27/h1-4,6-9H,5,10-13H2,(H,22,26)(H,23,29). The van der Waals surface area contributed by atoms with Crippen LogP contribution in [0, 0.1) is 0 Å². The third-order valence-corrected chi connectivity index (χ3v) is 4.94. The van der Waals surface area contributed by atoms with Crippen LogP contribution in [0.2, 0.25) is 0 Å². The molecule has 154 valence electrons. The Morgan fingerprint density at radius 3 is 2.43 bits per heavy atom. The Morgan fingerprint density at radius 1 is 0.933 bits per heavy atom. The van der Waals surface area contributed by atoms with Crippen molar-refractivity contribution in [2.45, 2.75) is 12.8 Å². The van der Waals surface area contributed by atoms with Crippen molar-refractivity contribution >= 4 is 35.0 Å². The van der Waals surface area contributed by atoms with Crippen LogP contribution in [0.25, 0.3) is 0 Å². The van der Waals surface area contributed by atoms with Gasteiger partial charge in [-0.15, -0.1) is 0 Å². The molecule has 0 aliphatic carbocycles. The van der Waals surface area contributed by atoms with Crippen LogP contribution in [0.4, 0.5) is 11.4 Å². The molecule has 2 aliphatic rings. The van der Waals surface area contributed by atoms with Crippen LogP contribution < -0.4 is 25.4 Å². The number of nitrogens with one attached hydrogen (secondary N) is 2. The van der Waals surface area contributed by atoms with Gasteiger partial charge in [0.15, 0.2) is 6.61 Å². The molecule has 9 nitrogen and oxygen atoms in total. The second-order valence-corrected chi connectivity index (χ2v) is 6.90. The van der Waals surface area contributed by atoms with E-state index < -0.39 is 11.8 Å². The lowest BCUT2D eigenvalue weighted by molar-refractivity contribution is -0.125. The van der Waals surface area contributed by atoms with Crippen molar-refractivity contribution in [3.63, 3.8) is 0 Å². The Balaban J connectivity index is 1.41. The third-order valence-electron chi connectivity index (χ3n) is 4.94. The summed E-state index contributed by atoms with van der Waals surface area (Å²) in [5.41, 5.74) is 5.97. The van der Waals surface area contributed by atoms with Crippen LogP contribution in [-0.4, -0.2) is 43.3 Å². The fourth-order valence-electron chi connectivity index (χ4n) is 3.51. The summed E-state index contributed by atoms with van der Waals surface area (Å²) >= 11 is 0. The number of nitrogens with zero attached hydrogens (tertiary/aromatic N) is 2. The van der Waals surface area contributed by atoms with E-state index in [0.29, 0.717) is 30.1 Å². The van der Waals surface area contributed by atoms with Gasteiger partial charge < -0.3 is 9.64 Å². The molecule has 1 fully saturated rings. The molecule has 30 heavy (non-hydrogen) atoms. The number of hydrogen-bond acceptors (Lipinski definition) is 5. The number of carbonyl (C=O) groups excluding carboxylic acids is 4. The number of rotatable bonds is 4. The first-order valence-corrected chi connectivity index (χ1v) is 9.55. The summed E-state index contributed by atoms with van der Waals surface area (Å²) in [4.78, 5) is 52.1. The Hall–Kier alpha value is -3.88. The summed E-state index contributed by atoms with van der Waals surface area (Å²) in [5.74, 6) is -0.995. The van der Waals surface area contributed by atoms with Gasteiger partial charge in [0.2, 0.25) is 5.91 Å². The fraction of sp³-hybridized carbons (Fsp3) is 0.238. The van der Waals surface area contributed by atoms with Crippen molar-refractivity contribution in [1.82, 2.24) is 10.9 Å². The van der Waals surface area contributed by atoms with Gasteiger partial charge in [-0.1, -0.05) is 24.3 Å². The maximum absolute atomic E-state index is 12.6. The molecule has 2 aromatic rings. The minimum absolute atomic E-state index is 0.0382. The number of ether oxygens (including phenoxy) is 1. The number of carbonyl (C=O) groups is 4. The second kappa shape index (κ2) is 8.24. The highest BCUT2D eigenvalue weighted by atomic mass is 16.5. The molecule has 4 rings (SSSR count). The van der Waals surface area contributed by atoms with Crippen LogP contribution in [0.5, 0.6) is 5.75 Å². The number of amides is 4. The van der Waals surface area contributed by atoms with Crippen LogP contribution >= 0.6 is 0 Å². The second-order valence-electron chi connectivity index (χ2n) is 6.90. The average molecular weight is 408 g/mol.